The second-order valence-corrected chi connectivity index (χ2v) is 5.33. The van der Waals surface area contributed by atoms with E-state index < -0.39 is 11.7 Å². The number of nitrogens with zero attached hydrogens (tertiary/aromatic N) is 2. The van der Waals surface area contributed by atoms with Gasteiger partial charge >= 0.3 is 6.18 Å². The highest BCUT2D eigenvalue weighted by Gasteiger charge is 2.36. The van der Waals surface area contributed by atoms with Gasteiger partial charge in [-0.3, -0.25) is 0 Å². The molecule has 0 aliphatic carbocycles. The molecule has 0 aromatic heterocycles. The van der Waals surface area contributed by atoms with Crippen LogP contribution < -0.4 is 4.90 Å². The Morgan fingerprint density at radius 1 is 1.38 bits per heavy atom. The van der Waals surface area contributed by atoms with Crippen LogP contribution in [-0.2, 0) is 10.9 Å². The number of piperidine rings is 1. The van der Waals surface area contributed by atoms with Crippen LogP contribution in [0.25, 0.3) is 0 Å². The molecule has 0 amide bonds. The van der Waals surface area contributed by atoms with Gasteiger partial charge in [0.15, 0.2) is 0 Å². The normalized spacial score (nSPS) is 23.0. The number of halogens is 3. The Balaban J connectivity index is 2.40. The largest absolute Gasteiger partial charge is 0.418 e. The van der Waals surface area contributed by atoms with Crippen LogP contribution in [0.15, 0.2) is 18.2 Å². The fourth-order valence-corrected chi connectivity index (χ4v) is 2.66. The number of anilines is 1. The van der Waals surface area contributed by atoms with Gasteiger partial charge < -0.3 is 9.64 Å². The van der Waals surface area contributed by atoms with E-state index in [-0.39, 0.29) is 17.4 Å². The van der Waals surface area contributed by atoms with Crippen molar-refractivity contribution < 1.29 is 17.9 Å². The maximum absolute atomic E-state index is 13.2. The van der Waals surface area contributed by atoms with Crippen LogP contribution in [0.4, 0.5) is 18.9 Å². The quantitative estimate of drug-likeness (QED) is 0.839. The Bertz CT molecular complexity index is 551. The zero-order valence-electron chi connectivity index (χ0n) is 11.9. The zero-order valence-corrected chi connectivity index (χ0v) is 11.9. The molecule has 1 aliphatic rings. The first-order valence-electron chi connectivity index (χ1n) is 6.76. The minimum Gasteiger partial charge on any atom is -0.379 e. The van der Waals surface area contributed by atoms with Gasteiger partial charge in [-0.25, -0.2) is 0 Å². The third-order valence-electron chi connectivity index (χ3n) is 3.97. The van der Waals surface area contributed by atoms with E-state index in [0.717, 1.165) is 12.5 Å². The molecule has 1 saturated heterocycles. The number of hydrogen-bond acceptors (Lipinski definition) is 3. The average molecular weight is 298 g/mol. The van der Waals surface area contributed by atoms with Crippen LogP contribution in [0.2, 0.25) is 0 Å². The molecular weight excluding hydrogens is 281 g/mol. The minimum atomic E-state index is -4.44. The van der Waals surface area contributed by atoms with Crippen molar-refractivity contribution in [2.24, 2.45) is 5.92 Å². The van der Waals surface area contributed by atoms with Crippen LogP contribution in [0.3, 0.4) is 0 Å². The molecule has 0 radical (unpaired) electrons. The van der Waals surface area contributed by atoms with E-state index in [1.165, 1.54) is 12.1 Å². The lowest BCUT2D eigenvalue weighted by Crippen LogP contribution is -2.44. The monoisotopic (exact) mass is 298 g/mol. The van der Waals surface area contributed by atoms with E-state index in [2.05, 4.69) is 0 Å². The Morgan fingerprint density at radius 2 is 2.10 bits per heavy atom. The van der Waals surface area contributed by atoms with E-state index in [9.17, 15) is 13.2 Å². The molecule has 2 atom stereocenters. The predicted molar refractivity (Wildman–Crippen MR) is 73.0 cm³/mol. The van der Waals surface area contributed by atoms with E-state index in [1.54, 1.807) is 12.0 Å². The number of hydrogen-bond donors (Lipinski definition) is 0. The smallest absolute Gasteiger partial charge is 0.379 e. The third-order valence-corrected chi connectivity index (χ3v) is 3.97. The highest BCUT2D eigenvalue weighted by molar-refractivity contribution is 5.59. The lowest BCUT2D eigenvalue weighted by atomic mass is 9.94. The number of methoxy groups -OCH3 is 1. The SMILES string of the molecule is COC1CN(c2cc(C#N)ccc2C(F)(F)F)CCC1C. The van der Waals surface area contributed by atoms with E-state index in [4.69, 9.17) is 10.00 Å². The molecule has 1 fully saturated rings. The van der Waals surface area contributed by atoms with Gasteiger partial charge in [0.1, 0.15) is 0 Å². The summed E-state index contributed by atoms with van der Waals surface area (Å²) in [4.78, 5) is 1.66. The summed E-state index contributed by atoms with van der Waals surface area (Å²) < 4.78 is 44.8. The topological polar surface area (TPSA) is 36.3 Å². The molecule has 1 aliphatic heterocycles. The molecular formula is C15H17F3N2O. The Labute approximate surface area is 121 Å². The van der Waals surface area contributed by atoms with Gasteiger partial charge in [-0.2, -0.15) is 18.4 Å². The van der Waals surface area contributed by atoms with E-state index >= 15 is 0 Å². The van der Waals surface area contributed by atoms with Crippen molar-refractivity contribution in [1.29, 1.82) is 5.26 Å². The summed E-state index contributed by atoms with van der Waals surface area (Å²) in [7, 11) is 1.57. The van der Waals surface area contributed by atoms with Gasteiger partial charge in [-0.15, -0.1) is 0 Å². The molecule has 0 N–H and O–H groups in total. The molecule has 2 rings (SSSR count). The van der Waals surface area contributed by atoms with Gasteiger partial charge in [0.05, 0.1) is 29.0 Å². The van der Waals surface area contributed by atoms with Crippen molar-refractivity contribution in [2.75, 3.05) is 25.1 Å². The third kappa shape index (κ3) is 3.30. The molecule has 1 aromatic rings. The number of benzene rings is 1. The second-order valence-electron chi connectivity index (χ2n) is 5.33. The first-order valence-corrected chi connectivity index (χ1v) is 6.76. The summed E-state index contributed by atoms with van der Waals surface area (Å²) in [6.07, 6.45) is -3.78. The lowest BCUT2D eigenvalue weighted by Gasteiger charge is -2.38. The van der Waals surface area contributed by atoms with Crippen LogP contribution in [-0.4, -0.2) is 26.3 Å². The molecule has 0 saturated carbocycles. The predicted octanol–water partition coefficient (Wildman–Crippen LogP) is 3.44. The summed E-state index contributed by atoms with van der Waals surface area (Å²) in [6.45, 7) is 2.95. The lowest BCUT2D eigenvalue weighted by molar-refractivity contribution is -0.137. The van der Waals surface area contributed by atoms with Crippen molar-refractivity contribution in [3.8, 4) is 6.07 Å². The first-order chi connectivity index (χ1) is 9.86. The van der Waals surface area contributed by atoms with Crippen LogP contribution in [0.5, 0.6) is 0 Å². The van der Waals surface area contributed by atoms with E-state index in [0.29, 0.717) is 19.0 Å². The van der Waals surface area contributed by atoms with Gasteiger partial charge in [0.2, 0.25) is 0 Å². The number of nitriles is 1. The summed E-state index contributed by atoms with van der Waals surface area (Å²) in [5, 5.41) is 8.92. The summed E-state index contributed by atoms with van der Waals surface area (Å²) in [5.74, 6) is 0.305. The molecule has 2 unspecified atom stereocenters. The standard InChI is InChI=1S/C15H17F3N2O/c1-10-5-6-20(9-14(10)21-2)13-7-11(8-19)3-4-12(13)15(16,17)18/h3-4,7,10,14H,5-6,9H2,1-2H3. The Kier molecular flexibility index (Phi) is 4.43. The second kappa shape index (κ2) is 5.94. The molecule has 3 nitrogen and oxygen atoms in total. The van der Waals surface area contributed by atoms with Gasteiger partial charge in [-0.1, -0.05) is 6.92 Å². The van der Waals surface area contributed by atoms with Crippen molar-refractivity contribution in [3.05, 3.63) is 29.3 Å². The Morgan fingerprint density at radius 3 is 2.67 bits per heavy atom. The minimum absolute atomic E-state index is 0.0653. The van der Waals surface area contributed by atoms with Crippen molar-refractivity contribution in [1.82, 2.24) is 0 Å². The fourth-order valence-electron chi connectivity index (χ4n) is 2.66. The molecule has 0 bridgehead atoms. The van der Waals surface area contributed by atoms with E-state index in [1.807, 2.05) is 13.0 Å². The highest BCUT2D eigenvalue weighted by Crippen LogP contribution is 2.38. The molecule has 21 heavy (non-hydrogen) atoms. The average Bonchev–Trinajstić information content (AvgIpc) is 2.46. The first kappa shape index (κ1) is 15.6. The van der Waals surface area contributed by atoms with Crippen LogP contribution in [0.1, 0.15) is 24.5 Å². The molecule has 114 valence electrons. The zero-order chi connectivity index (χ0) is 15.6. The maximum atomic E-state index is 13.2. The van der Waals surface area contributed by atoms with Gasteiger partial charge in [0, 0.05) is 20.2 Å². The molecule has 1 aromatic carbocycles. The molecule has 1 heterocycles. The van der Waals surface area contributed by atoms with Crippen molar-refractivity contribution in [3.63, 3.8) is 0 Å². The summed E-state index contributed by atoms with van der Waals surface area (Å²) >= 11 is 0. The number of rotatable bonds is 2. The number of ether oxygens (including phenoxy) is 1. The highest BCUT2D eigenvalue weighted by atomic mass is 19.4. The van der Waals surface area contributed by atoms with Crippen molar-refractivity contribution >= 4 is 5.69 Å². The van der Waals surface area contributed by atoms with Crippen molar-refractivity contribution in [2.45, 2.75) is 25.6 Å². The molecule has 6 heteroatoms. The van der Waals surface area contributed by atoms with Gasteiger partial charge in [0.25, 0.3) is 0 Å². The summed E-state index contributed by atoms with van der Waals surface area (Å²) in [5.41, 5.74) is -0.410. The van der Waals surface area contributed by atoms with Gasteiger partial charge in [-0.05, 0) is 30.5 Å². The van der Waals surface area contributed by atoms with Crippen LogP contribution >= 0.6 is 0 Å². The van der Waals surface area contributed by atoms with Crippen LogP contribution in [0, 0.1) is 17.2 Å². The Hall–Kier alpha value is -1.74. The number of alkyl halides is 3. The fraction of sp³-hybridized carbons (Fsp3) is 0.533. The molecule has 0 spiro atoms. The summed E-state index contributed by atoms with van der Waals surface area (Å²) in [6, 6.07) is 5.39. The maximum Gasteiger partial charge on any atom is 0.418 e.